The first kappa shape index (κ1) is 14.5. The van der Waals surface area contributed by atoms with E-state index in [0.29, 0.717) is 5.69 Å². The largest absolute Gasteiger partial charge is 0.313 e. The van der Waals surface area contributed by atoms with Crippen LogP contribution in [0.15, 0.2) is 41.6 Å². The van der Waals surface area contributed by atoms with Crippen LogP contribution >= 0.6 is 0 Å². The number of rotatable bonds is 6. The number of H-pyrrole nitrogens is 1. The fourth-order valence-electron chi connectivity index (χ4n) is 2.03. The number of sulfonamides is 1. The van der Waals surface area contributed by atoms with Gasteiger partial charge >= 0.3 is 0 Å². The molecule has 1 unspecified atom stereocenters. The number of benzene rings is 1. The number of nitrogens with zero attached hydrogens (tertiary/aromatic N) is 1. The van der Waals surface area contributed by atoms with E-state index in [9.17, 15) is 8.42 Å². The monoisotopic (exact) mass is 294 g/mol. The Morgan fingerprint density at radius 2 is 2.20 bits per heavy atom. The van der Waals surface area contributed by atoms with Gasteiger partial charge in [-0.25, -0.2) is 8.42 Å². The lowest BCUT2D eigenvalue weighted by molar-refractivity contribution is 0.574. The van der Waals surface area contributed by atoms with E-state index < -0.39 is 10.0 Å². The molecule has 1 aromatic carbocycles. The molecule has 1 heterocycles. The van der Waals surface area contributed by atoms with Gasteiger partial charge in [0.1, 0.15) is 0 Å². The molecule has 0 fully saturated rings. The fourth-order valence-corrected chi connectivity index (χ4v) is 3.11. The zero-order valence-electron chi connectivity index (χ0n) is 11.4. The maximum Gasteiger partial charge on any atom is 0.262 e. The highest BCUT2D eigenvalue weighted by Gasteiger charge is 2.16. The Kier molecular flexibility index (Phi) is 4.41. The summed E-state index contributed by atoms with van der Waals surface area (Å²) in [5, 5.41) is 9.44. The molecule has 6 nitrogen and oxygen atoms in total. The molecule has 0 radical (unpaired) electrons. The van der Waals surface area contributed by atoms with E-state index in [4.69, 9.17) is 0 Å². The molecule has 0 aliphatic carbocycles. The van der Waals surface area contributed by atoms with Crippen LogP contribution in [-0.2, 0) is 10.0 Å². The minimum Gasteiger partial charge on any atom is -0.313 e. The Labute approximate surface area is 118 Å². The van der Waals surface area contributed by atoms with Crippen molar-refractivity contribution in [3.8, 4) is 0 Å². The average molecular weight is 294 g/mol. The summed E-state index contributed by atoms with van der Waals surface area (Å²) in [6.45, 7) is 2.05. The first-order valence-corrected chi connectivity index (χ1v) is 7.84. The van der Waals surface area contributed by atoms with Crippen molar-refractivity contribution < 1.29 is 8.42 Å². The van der Waals surface area contributed by atoms with Crippen LogP contribution in [0.3, 0.4) is 0 Å². The molecule has 0 aliphatic rings. The van der Waals surface area contributed by atoms with Crippen LogP contribution in [0.4, 0.5) is 5.69 Å². The second-order valence-electron chi connectivity index (χ2n) is 4.41. The van der Waals surface area contributed by atoms with Crippen LogP contribution in [0, 0.1) is 0 Å². The molecule has 0 amide bonds. The van der Waals surface area contributed by atoms with Crippen LogP contribution < -0.4 is 10.0 Å². The third kappa shape index (κ3) is 3.17. The van der Waals surface area contributed by atoms with Crippen molar-refractivity contribution in [1.29, 1.82) is 0 Å². The van der Waals surface area contributed by atoms with Crippen LogP contribution in [0.1, 0.15) is 24.9 Å². The highest BCUT2D eigenvalue weighted by atomic mass is 32.2. The highest BCUT2D eigenvalue weighted by molar-refractivity contribution is 7.92. The molecule has 0 aliphatic heterocycles. The molecule has 2 aromatic rings. The summed E-state index contributed by atoms with van der Waals surface area (Å²) in [5.41, 5.74) is 1.36. The van der Waals surface area contributed by atoms with E-state index >= 15 is 0 Å². The summed E-state index contributed by atoms with van der Waals surface area (Å²) in [4.78, 5) is 0.241. The Bertz CT molecular complexity index is 649. The predicted octanol–water partition coefficient (Wildman–Crippen LogP) is 1.88. The minimum atomic E-state index is -3.59. The molecule has 0 spiro atoms. The summed E-state index contributed by atoms with van der Waals surface area (Å²) >= 11 is 0. The van der Waals surface area contributed by atoms with Gasteiger partial charge in [0.15, 0.2) is 0 Å². The van der Waals surface area contributed by atoms with Crippen molar-refractivity contribution in [3.63, 3.8) is 0 Å². The van der Waals surface area contributed by atoms with Gasteiger partial charge in [-0.1, -0.05) is 19.1 Å². The standard InChI is InChI=1S/C13H18N4O2S/c1-3-13(14-2)10-5-4-6-12(7-10)20(18,19)17-11-8-15-16-9-11/h4-9,13-14,17H,3H2,1-2H3,(H,15,16). The van der Waals surface area contributed by atoms with E-state index in [0.717, 1.165) is 12.0 Å². The van der Waals surface area contributed by atoms with Gasteiger partial charge in [-0.3, -0.25) is 9.82 Å². The van der Waals surface area contributed by atoms with Crippen molar-refractivity contribution in [1.82, 2.24) is 15.5 Å². The molecule has 20 heavy (non-hydrogen) atoms. The number of aromatic amines is 1. The maximum atomic E-state index is 12.3. The molecule has 0 saturated carbocycles. The number of anilines is 1. The van der Waals surface area contributed by atoms with Crippen LogP contribution in [0.5, 0.6) is 0 Å². The second kappa shape index (κ2) is 6.06. The first-order chi connectivity index (χ1) is 9.56. The zero-order valence-corrected chi connectivity index (χ0v) is 12.2. The molecule has 1 atom stereocenters. The summed E-state index contributed by atoms with van der Waals surface area (Å²) in [6.07, 6.45) is 3.79. The normalized spacial score (nSPS) is 13.1. The molecule has 108 valence electrons. The number of aromatic nitrogens is 2. The molecule has 3 N–H and O–H groups in total. The van der Waals surface area contributed by atoms with Gasteiger partial charge in [0.25, 0.3) is 10.0 Å². The van der Waals surface area contributed by atoms with E-state index in [-0.39, 0.29) is 10.9 Å². The van der Waals surface area contributed by atoms with E-state index in [1.54, 1.807) is 18.2 Å². The lowest BCUT2D eigenvalue weighted by Crippen LogP contribution is -2.17. The molecular weight excluding hydrogens is 276 g/mol. The third-order valence-electron chi connectivity index (χ3n) is 3.08. The highest BCUT2D eigenvalue weighted by Crippen LogP contribution is 2.21. The second-order valence-corrected chi connectivity index (χ2v) is 6.10. The van der Waals surface area contributed by atoms with Crippen LogP contribution in [-0.4, -0.2) is 25.7 Å². The average Bonchev–Trinajstić information content (AvgIpc) is 2.93. The molecular formula is C13H18N4O2S. The van der Waals surface area contributed by atoms with Gasteiger partial charge in [-0.05, 0) is 31.2 Å². The van der Waals surface area contributed by atoms with Gasteiger partial charge in [0.05, 0.1) is 16.8 Å². The third-order valence-corrected chi connectivity index (χ3v) is 4.46. The molecule has 1 aromatic heterocycles. The Hall–Kier alpha value is -1.86. The predicted molar refractivity (Wildman–Crippen MR) is 77.9 cm³/mol. The summed E-state index contributed by atoms with van der Waals surface area (Å²) in [6, 6.07) is 7.07. The van der Waals surface area contributed by atoms with Crippen molar-refractivity contribution in [3.05, 3.63) is 42.2 Å². The molecule has 0 saturated heterocycles. The van der Waals surface area contributed by atoms with Gasteiger partial charge in [0, 0.05) is 12.2 Å². The number of nitrogens with one attached hydrogen (secondary N) is 3. The quantitative estimate of drug-likeness (QED) is 0.759. The first-order valence-electron chi connectivity index (χ1n) is 6.35. The summed E-state index contributed by atoms with van der Waals surface area (Å²) in [7, 11) is -1.73. The summed E-state index contributed by atoms with van der Waals surface area (Å²) < 4.78 is 27.0. The maximum absolute atomic E-state index is 12.3. The van der Waals surface area contributed by atoms with E-state index in [1.807, 2.05) is 20.0 Å². The SMILES string of the molecule is CCC(NC)c1cccc(S(=O)(=O)Nc2cn[nH]c2)c1. The number of hydrogen-bond donors (Lipinski definition) is 3. The van der Waals surface area contributed by atoms with E-state index in [2.05, 4.69) is 20.2 Å². The van der Waals surface area contributed by atoms with Crippen molar-refractivity contribution >= 4 is 15.7 Å². The fraction of sp³-hybridized carbons (Fsp3) is 0.308. The molecule has 2 rings (SSSR count). The van der Waals surface area contributed by atoms with Crippen LogP contribution in [0.2, 0.25) is 0 Å². The van der Waals surface area contributed by atoms with Gasteiger partial charge in [-0.2, -0.15) is 5.10 Å². The molecule has 7 heteroatoms. The Morgan fingerprint density at radius 3 is 2.80 bits per heavy atom. The zero-order chi connectivity index (χ0) is 14.6. The van der Waals surface area contributed by atoms with Gasteiger partial charge in [0.2, 0.25) is 0 Å². The Morgan fingerprint density at radius 1 is 1.40 bits per heavy atom. The van der Waals surface area contributed by atoms with Crippen LogP contribution in [0.25, 0.3) is 0 Å². The van der Waals surface area contributed by atoms with Crippen molar-refractivity contribution in [2.24, 2.45) is 0 Å². The van der Waals surface area contributed by atoms with Gasteiger partial charge in [-0.15, -0.1) is 0 Å². The number of hydrogen-bond acceptors (Lipinski definition) is 4. The van der Waals surface area contributed by atoms with Crippen molar-refractivity contribution in [2.75, 3.05) is 11.8 Å². The lowest BCUT2D eigenvalue weighted by Gasteiger charge is -2.15. The van der Waals surface area contributed by atoms with Crippen molar-refractivity contribution in [2.45, 2.75) is 24.3 Å². The summed E-state index contributed by atoms with van der Waals surface area (Å²) in [5.74, 6) is 0. The topological polar surface area (TPSA) is 86.9 Å². The van der Waals surface area contributed by atoms with E-state index in [1.165, 1.54) is 12.4 Å². The smallest absolute Gasteiger partial charge is 0.262 e. The van der Waals surface area contributed by atoms with Gasteiger partial charge < -0.3 is 5.32 Å². The minimum absolute atomic E-state index is 0.138. The Balaban J connectivity index is 2.30. The lowest BCUT2D eigenvalue weighted by atomic mass is 10.1. The molecule has 0 bridgehead atoms.